The SMILES string of the molecule is O=C(N[C@@H](CCO)C(=O)O)c1cccc(O)c1O. The molecule has 0 aliphatic heterocycles. The predicted octanol–water partition coefficient (Wildman–Crippen LogP) is -0.337. The number of para-hydroxylation sites is 1. The number of aliphatic hydroxyl groups is 1. The highest BCUT2D eigenvalue weighted by atomic mass is 16.4. The van der Waals surface area contributed by atoms with Crippen LogP contribution in [0.5, 0.6) is 11.5 Å². The van der Waals surface area contributed by atoms with Gasteiger partial charge in [-0.1, -0.05) is 6.07 Å². The van der Waals surface area contributed by atoms with Gasteiger partial charge in [-0.3, -0.25) is 4.79 Å². The highest BCUT2D eigenvalue weighted by Gasteiger charge is 2.22. The van der Waals surface area contributed by atoms with Crippen LogP contribution in [-0.4, -0.2) is 45.0 Å². The Morgan fingerprint density at radius 1 is 1.28 bits per heavy atom. The lowest BCUT2D eigenvalue weighted by Gasteiger charge is -2.13. The van der Waals surface area contributed by atoms with Crippen LogP contribution in [-0.2, 0) is 4.79 Å². The minimum Gasteiger partial charge on any atom is -0.504 e. The van der Waals surface area contributed by atoms with E-state index in [0.717, 1.165) is 0 Å². The molecule has 1 rings (SSSR count). The van der Waals surface area contributed by atoms with Crippen LogP contribution in [0, 0.1) is 0 Å². The van der Waals surface area contributed by atoms with Crippen LogP contribution >= 0.6 is 0 Å². The number of aliphatic hydroxyl groups excluding tert-OH is 1. The van der Waals surface area contributed by atoms with Crippen molar-refractivity contribution in [2.24, 2.45) is 0 Å². The Morgan fingerprint density at radius 3 is 2.50 bits per heavy atom. The van der Waals surface area contributed by atoms with E-state index >= 15 is 0 Å². The zero-order valence-corrected chi connectivity index (χ0v) is 9.33. The molecule has 1 aromatic carbocycles. The molecule has 18 heavy (non-hydrogen) atoms. The maximum atomic E-state index is 11.7. The molecule has 0 radical (unpaired) electrons. The van der Waals surface area contributed by atoms with Crippen LogP contribution in [0.15, 0.2) is 18.2 Å². The second-order valence-corrected chi connectivity index (χ2v) is 3.55. The van der Waals surface area contributed by atoms with Gasteiger partial charge in [-0.15, -0.1) is 0 Å². The van der Waals surface area contributed by atoms with E-state index in [4.69, 9.17) is 10.2 Å². The molecular formula is C11H13NO6. The molecular weight excluding hydrogens is 242 g/mol. The Balaban J connectivity index is 2.87. The summed E-state index contributed by atoms with van der Waals surface area (Å²) in [6.45, 7) is -0.400. The van der Waals surface area contributed by atoms with Gasteiger partial charge in [0, 0.05) is 13.0 Å². The largest absolute Gasteiger partial charge is 0.504 e. The van der Waals surface area contributed by atoms with Crippen molar-refractivity contribution < 1.29 is 30.0 Å². The Kier molecular flexibility index (Phi) is 4.50. The van der Waals surface area contributed by atoms with Crippen LogP contribution in [0.25, 0.3) is 0 Å². The number of hydrogen-bond donors (Lipinski definition) is 5. The number of carbonyl (C=O) groups excluding carboxylic acids is 1. The average Bonchev–Trinajstić information content (AvgIpc) is 2.31. The minimum atomic E-state index is -1.29. The van der Waals surface area contributed by atoms with E-state index in [1.165, 1.54) is 18.2 Å². The number of carbonyl (C=O) groups is 2. The molecule has 0 heterocycles. The standard InChI is InChI=1S/C11H13NO6/c13-5-4-7(11(17)18)12-10(16)6-2-1-3-8(14)9(6)15/h1-3,7,13-15H,4-5H2,(H,12,16)(H,17,18)/t7-/m0/s1. The zero-order valence-electron chi connectivity index (χ0n) is 9.33. The van der Waals surface area contributed by atoms with E-state index in [-0.39, 0.29) is 12.0 Å². The van der Waals surface area contributed by atoms with Gasteiger partial charge in [0.1, 0.15) is 6.04 Å². The molecule has 1 atom stereocenters. The predicted molar refractivity (Wildman–Crippen MR) is 60.4 cm³/mol. The van der Waals surface area contributed by atoms with Crippen molar-refractivity contribution in [3.63, 3.8) is 0 Å². The van der Waals surface area contributed by atoms with Crippen LogP contribution < -0.4 is 5.32 Å². The summed E-state index contributed by atoms with van der Waals surface area (Å²) < 4.78 is 0. The highest BCUT2D eigenvalue weighted by molar-refractivity contribution is 5.99. The van der Waals surface area contributed by atoms with Crippen LogP contribution in [0.1, 0.15) is 16.8 Å². The maximum absolute atomic E-state index is 11.7. The number of hydrogen-bond acceptors (Lipinski definition) is 5. The van der Waals surface area contributed by atoms with Gasteiger partial charge < -0.3 is 25.7 Å². The highest BCUT2D eigenvalue weighted by Crippen LogP contribution is 2.27. The minimum absolute atomic E-state index is 0.152. The summed E-state index contributed by atoms with van der Waals surface area (Å²) in [6, 6.07) is 2.51. The van der Waals surface area contributed by atoms with Crippen molar-refractivity contribution in [2.75, 3.05) is 6.61 Å². The van der Waals surface area contributed by atoms with Crippen LogP contribution in [0.4, 0.5) is 0 Å². The lowest BCUT2D eigenvalue weighted by molar-refractivity contribution is -0.139. The van der Waals surface area contributed by atoms with Crippen molar-refractivity contribution in [3.8, 4) is 11.5 Å². The molecule has 0 aliphatic rings. The number of benzene rings is 1. The quantitative estimate of drug-likeness (QED) is 0.458. The van der Waals surface area contributed by atoms with Crippen molar-refractivity contribution in [2.45, 2.75) is 12.5 Å². The first kappa shape index (κ1) is 13.8. The molecule has 7 nitrogen and oxygen atoms in total. The Bertz CT molecular complexity index is 459. The first-order valence-corrected chi connectivity index (χ1v) is 5.12. The average molecular weight is 255 g/mol. The van der Waals surface area contributed by atoms with Gasteiger partial charge in [-0.25, -0.2) is 4.79 Å². The summed E-state index contributed by atoms with van der Waals surface area (Å²) in [5.41, 5.74) is -0.237. The Morgan fingerprint density at radius 2 is 1.94 bits per heavy atom. The van der Waals surface area contributed by atoms with Gasteiger partial charge in [0.15, 0.2) is 11.5 Å². The maximum Gasteiger partial charge on any atom is 0.326 e. The van der Waals surface area contributed by atoms with E-state index in [1.54, 1.807) is 0 Å². The number of carboxylic acids is 1. The molecule has 0 bridgehead atoms. The Labute approximate surface area is 102 Å². The van der Waals surface area contributed by atoms with Crippen molar-refractivity contribution >= 4 is 11.9 Å². The monoisotopic (exact) mass is 255 g/mol. The summed E-state index contributed by atoms with van der Waals surface area (Å²) in [7, 11) is 0. The number of nitrogens with one attached hydrogen (secondary N) is 1. The fraction of sp³-hybridized carbons (Fsp3) is 0.273. The summed E-state index contributed by atoms with van der Waals surface area (Å²) in [6.07, 6.45) is -0.152. The zero-order chi connectivity index (χ0) is 13.7. The summed E-state index contributed by atoms with van der Waals surface area (Å²) in [4.78, 5) is 22.5. The molecule has 98 valence electrons. The Hall–Kier alpha value is -2.28. The number of aliphatic carboxylic acids is 1. The molecule has 0 saturated heterocycles. The summed E-state index contributed by atoms with van der Waals surface area (Å²) >= 11 is 0. The summed E-state index contributed by atoms with van der Waals surface area (Å²) in [5.74, 6) is -3.24. The van der Waals surface area contributed by atoms with E-state index in [9.17, 15) is 19.8 Å². The molecule has 0 fully saturated rings. The smallest absolute Gasteiger partial charge is 0.326 e. The van der Waals surface area contributed by atoms with Gasteiger partial charge in [0.05, 0.1) is 5.56 Å². The summed E-state index contributed by atoms with van der Waals surface area (Å²) in [5, 5.41) is 38.2. The fourth-order valence-corrected chi connectivity index (χ4v) is 1.34. The fourth-order valence-electron chi connectivity index (χ4n) is 1.34. The van der Waals surface area contributed by atoms with Gasteiger partial charge in [0.25, 0.3) is 5.91 Å². The third-order valence-electron chi connectivity index (χ3n) is 2.28. The second-order valence-electron chi connectivity index (χ2n) is 3.55. The molecule has 1 aromatic rings. The van der Waals surface area contributed by atoms with Gasteiger partial charge in [-0.05, 0) is 12.1 Å². The van der Waals surface area contributed by atoms with Crippen LogP contribution in [0.3, 0.4) is 0 Å². The lowest BCUT2D eigenvalue weighted by Crippen LogP contribution is -2.41. The first-order valence-electron chi connectivity index (χ1n) is 5.12. The lowest BCUT2D eigenvalue weighted by atomic mass is 10.1. The number of phenolic OH excluding ortho intramolecular Hbond substituents is 2. The second kappa shape index (κ2) is 5.87. The topological polar surface area (TPSA) is 127 Å². The molecule has 0 aliphatic carbocycles. The molecule has 1 amide bonds. The molecule has 5 N–H and O–H groups in total. The molecule has 0 spiro atoms. The van der Waals surface area contributed by atoms with E-state index in [1.807, 2.05) is 0 Å². The van der Waals surface area contributed by atoms with Gasteiger partial charge in [0.2, 0.25) is 0 Å². The third kappa shape index (κ3) is 3.11. The number of rotatable bonds is 5. The van der Waals surface area contributed by atoms with Crippen LogP contribution in [0.2, 0.25) is 0 Å². The van der Waals surface area contributed by atoms with Crippen molar-refractivity contribution in [1.29, 1.82) is 0 Å². The number of carboxylic acid groups (broad SMARTS) is 1. The number of aromatic hydroxyl groups is 2. The van der Waals surface area contributed by atoms with Crippen molar-refractivity contribution in [3.05, 3.63) is 23.8 Å². The van der Waals surface area contributed by atoms with Gasteiger partial charge >= 0.3 is 5.97 Å². The number of amides is 1. The van der Waals surface area contributed by atoms with E-state index in [2.05, 4.69) is 5.32 Å². The molecule has 0 unspecified atom stereocenters. The van der Waals surface area contributed by atoms with E-state index < -0.39 is 36.0 Å². The third-order valence-corrected chi connectivity index (χ3v) is 2.28. The molecule has 0 aromatic heterocycles. The van der Waals surface area contributed by atoms with E-state index in [0.29, 0.717) is 0 Å². The molecule has 7 heteroatoms. The van der Waals surface area contributed by atoms with Gasteiger partial charge in [-0.2, -0.15) is 0 Å². The van der Waals surface area contributed by atoms with Crippen molar-refractivity contribution in [1.82, 2.24) is 5.32 Å². The molecule has 0 saturated carbocycles. The first-order chi connectivity index (χ1) is 8.47. The normalized spacial score (nSPS) is 11.8. The number of phenols is 2.